The Labute approximate surface area is 280 Å². The molecule has 9 rings (SSSR count). The van der Waals surface area contributed by atoms with Gasteiger partial charge in [0.25, 0.3) is 5.52 Å². The second kappa shape index (κ2) is 12.0. The molecule has 6 aromatic rings. The monoisotopic (exact) mass is 629 g/mol. The van der Waals surface area contributed by atoms with Crippen LogP contribution < -0.4 is 14.2 Å². The molecule has 0 radical (unpaired) electrons. The number of allylic oxidation sites excluding steroid dienone is 5. The van der Waals surface area contributed by atoms with Gasteiger partial charge in [-0.25, -0.2) is 0 Å². The van der Waals surface area contributed by atoms with Crippen LogP contribution in [0.4, 0.5) is 5.69 Å². The molecule has 1 aliphatic carbocycles. The Bertz CT molecular complexity index is 2330. The number of anilines is 1. The van der Waals surface area contributed by atoms with Crippen molar-refractivity contribution in [3.05, 3.63) is 155 Å². The molecule has 0 fully saturated rings. The van der Waals surface area contributed by atoms with Crippen LogP contribution in [0.25, 0.3) is 38.7 Å². The first-order valence-electron chi connectivity index (χ1n) is 16.9. The van der Waals surface area contributed by atoms with Crippen LogP contribution in [-0.2, 0) is 11.3 Å². The zero-order valence-corrected chi connectivity index (χ0v) is 27.1. The molecule has 0 bridgehead atoms. The van der Waals surface area contributed by atoms with Crippen LogP contribution in [0.3, 0.4) is 0 Å². The largest absolute Gasteiger partial charge is 0.438 e. The van der Waals surface area contributed by atoms with Gasteiger partial charge >= 0.3 is 5.89 Å². The number of fused-ring (bicyclic) bond motifs is 7. The van der Waals surface area contributed by atoms with Crippen molar-refractivity contribution in [3.8, 4) is 5.75 Å². The van der Waals surface area contributed by atoms with Gasteiger partial charge in [0.1, 0.15) is 6.61 Å². The normalized spacial score (nSPS) is 18.4. The summed E-state index contributed by atoms with van der Waals surface area (Å²) in [4.78, 5) is 2.35. The maximum absolute atomic E-state index is 6.54. The molecule has 0 saturated carbocycles. The molecule has 0 amide bonds. The van der Waals surface area contributed by atoms with Gasteiger partial charge in [0.15, 0.2) is 12.3 Å². The number of rotatable bonds is 7. The van der Waals surface area contributed by atoms with Crippen molar-refractivity contribution in [1.29, 1.82) is 0 Å². The quantitative estimate of drug-likeness (QED) is 0.165. The van der Waals surface area contributed by atoms with Gasteiger partial charge in [0, 0.05) is 19.2 Å². The van der Waals surface area contributed by atoms with Gasteiger partial charge in [-0.3, -0.25) is 0 Å². The van der Waals surface area contributed by atoms with E-state index in [1.165, 1.54) is 49.5 Å². The minimum Gasteiger partial charge on any atom is -0.438 e. The topological polar surface area (TPSA) is 38.7 Å². The molecule has 5 nitrogen and oxygen atoms in total. The second-order valence-corrected chi connectivity index (χ2v) is 13.0. The average molecular weight is 630 g/mol. The van der Waals surface area contributed by atoms with Crippen LogP contribution in [0.2, 0.25) is 0 Å². The summed E-state index contributed by atoms with van der Waals surface area (Å²) in [6.07, 6.45) is 12.1. The standard InChI is InChI=1S/C43H37N2O3/c1-46-22-21-45-41(47-39-17-16-32-11-7-8-14-37(32)42(39)45)18-15-29-23-30(26-36(24-29)31-9-3-2-4-10-31)25-35-19-20-44-38-27-33-12-5-6-13-34(33)28-40(38)48-43(35)44/h2-18,23,25,27-28,36H,19-22,24,26H2,1H3/q+1. The summed E-state index contributed by atoms with van der Waals surface area (Å²) in [6.45, 7) is 2.24. The highest BCUT2D eigenvalue weighted by atomic mass is 16.5. The van der Waals surface area contributed by atoms with Crippen molar-refractivity contribution in [3.63, 3.8) is 0 Å². The lowest BCUT2D eigenvalue weighted by molar-refractivity contribution is -0.678. The third kappa shape index (κ3) is 5.11. The fourth-order valence-corrected chi connectivity index (χ4v) is 7.68. The zero-order chi connectivity index (χ0) is 32.0. The van der Waals surface area contributed by atoms with Crippen LogP contribution >= 0.6 is 0 Å². The van der Waals surface area contributed by atoms with Crippen LogP contribution in [0.5, 0.6) is 5.75 Å². The van der Waals surface area contributed by atoms with Crippen LogP contribution in [-0.4, -0.2) is 20.3 Å². The lowest BCUT2D eigenvalue weighted by Gasteiger charge is -2.24. The smallest absolute Gasteiger partial charge is 0.374 e. The number of ether oxygens (including phenoxy) is 2. The summed E-state index contributed by atoms with van der Waals surface area (Å²) in [6, 6.07) is 36.6. The maximum atomic E-state index is 6.54. The molecule has 48 heavy (non-hydrogen) atoms. The van der Waals surface area contributed by atoms with Crippen molar-refractivity contribution >= 4 is 44.4 Å². The number of aromatic nitrogens is 1. The SMILES string of the molecule is COCC[n+]1c(C=CC2=CC(=CC3=C4Oc5cc6ccccc6cc5N4CC3)CC(c3ccccc3)C2)oc2ccc3ccccc3c21. The summed E-state index contributed by atoms with van der Waals surface area (Å²) in [5.74, 6) is 3.14. The molecule has 3 aliphatic rings. The van der Waals surface area contributed by atoms with Gasteiger partial charge in [0.05, 0.1) is 17.1 Å². The Kier molecular flexibility index (Phi) is 7.20. The summed E-state index contributed by atoms with van der Waals surface area (Å²) >= 11 is 0. The fraction of sp³-hybridized carbons (Fsp3) is 0.186. The Morgan fingerprint density at radius 1 is 0.854 bits per heavy atom. The van der Waals surface area contributed by atoms with Crippen molar-refractivity contribution in [2.24, 2.45) is 0 Å². The van der Waals surface area contributed by atoms with E-state index < -0.39 is 0 Å². The molecule has 1 aromatic heterocycles. The molecule has 2 aliphatic heterocycles. The molecule has 3 heterocycles. The van der Waals surface area contributed by atoms with E-state index in [0.29, 0.717) is 19.1 Å². The van der Waals surface area contributed by atoms with Gasteiger partial charge in [-0.15, -0.1) is 0 Å². The van der Waals surface area contributed by atoms with Gasteiger partial charge in [-0.2, -0.15) is 4.57 Å². The lowest BCUT2D eigenvalue weighted by atomic mass is 9.80. The number of hydrogen-bond donors (Lipinski definition) is 0. The molecule has 236 valence electrons. The molecule has 5 aromatic carbocycles. The van der Waals surface area contributed by atoms with Crippen molar-refractivity contribution < 1.29 is 18.5 Å². The molecule has 0 saturated heterocycles. The van der Waals surface area contributed by atoms with Crippen molar-refractivity contribution in [1.82, 2.24) is 0 Å². The molecule has 0 N–H and O–H groups in total. The van der Waals surface area contributed by atoms with Crippen molar-refractivity contribution in [2.45, 2.75) is 31.7 Å². The fourth-order valence-electron chi connectivity index (χ4n) is 7.68. The maximum Gasteiger partial charge on any atom is 0.374 e. The van der Waals surface area contributed by atoms with E-state index in [4.69, 9.17) is 13.9 Å². The van der Waals surface area contributed by atoms with E-state index in [1.807, 2.05) is 0 Å². The lowest BCUT2D eigenvalue weighted by Crippen LogP contribution is -2.37. The van der Waals surface area contributed by atoms with Gasteiger partial charge < -0.3 is 18.8 Å². The molecule has 5 heteroatoms. The molecular weight excluding hydrogens is 592 g/mol. The number of oxazole rings is 1. The first-order valence-corrected chi connectivity index (χ1v) is 16.9. The summed E-state index contributed by atoms with van der Waals surface area (Å²) in [5, 5.41) is 4.83. The molecular formula is C43H37N2O3+. The predicted octanol–water partition coefficient (Wildman–Crippen LogP) is 9.63. The minimum atomic E-state index is 0.387. The third-order valence-corrected chi connectivity index (χ3v) is 9.99. The molecule has 0 spiro atoms. The average Bonchev–Trinajstić information content (AvgIpc) is 3.81. The summed E-state index contributed by atoms with van der Waals surface area (Å²) < 4.78 is 20.8. The number of hydrogen-bond acceptors (Lipinski definition) is 4. The van der Waals surface area contributed by atoms with Gasteiger partial charge in [-0.05, 0) is 88.4 Å². The van der Waals surface area contributed by atoms with E-state index in [0.717, 1.165) is 54.4 Å². The number of nitrogens with zero attached hydrogens (tertiary/aromatic N) is 2. The molecule has 1 unspecified atom stereocenters. The van der Waals surface area contributed by atoms with E-state index in [-0.39, 0.29) is 0 Å². The highest BCUT2D eigenvalue weighted by Crippen LogP contribution is 2.46. The Hall–Kier alpha value is -5.39. The van der Waals surface area contributed by atoms with E-state index >= 15 is 0 Å². The molecule has 1 atom stereocenters. The van der Waals surface area contributed by atoms with Crippen molar-refractivity contribution in [2.75, 3.05) is 25.2 Å². The van der Waals surface area contributed by atoms with Crippen LogP contribution in [0, 0.1) is 0 Å². The van der Waals surface area contributed by atoms with Gasteiger partial charge in [-0.1, -0.05) is 91.0 Å². The highest BCUT2D eigenvalue weighted by molar-refractivity contribution is 6.01. The number of methoxy groups -OCH3 is 1. The number of benzene rings is 5. The summed E-state index contributed by atoms with van der Waals surface area (Å²) in [5.41, 5.74) is 8.40. The zero-order valence-electron chi connectivity index (χ0n) is 27.1. The summed E-state index contributed by atoms with van der Waals surface area (Å²) in [7, 11) is 1.75. The van der Waals surface area contributed by atoms with E-state index in [1.54, 1.807) is 7.11 Å². The Balaban J connectivity index is 1.09. The highest BCUT2D eigenvalue weighted by Gasteiger charge is 2.34. The minimum absolute atomic E-state index is 0.387. The van der Waals surface area contributed by atoms with Crippen LogP contribution in [0.15, 0.2) is 148 Å². The van der Waals surface area contributed by atoms with Gasteiger partial charge in [0.2, 0.25) is 11.5 Å². The first kappa shape index (κ1) is 28.8. The van der Waals surface area contributed by atoms with E-state index in [2.05, 4.69) is 137 Å². The predicted molar refractivity (Wildman–Crippen MR) is 193 cm³/mol. The van der Waals surface area contributed by atoms with Crippen LogP contribution in [0.1, 0.15) is 36.6 Å². The Morgan fingerprint density at radius 3 is 2.50 bits per heavy atom. The Morgan fingerprint density at radius 2 is 1.65 bits per heavy atom. The first-order chi connectivity index (χ1) is 23.7. The second-order valence-electron chi connectivity index (χ2n) is 13.0. The third-order valence-electron chi connectivity index (χ3n) is 9.99. The van der Waals surface area contributed by atoms with E-state index in [9.17, 15) is 0 Å².